The lowest BCUT2D eigenvalue weighted by Crippen LogP contribution is -2.25. The monoisotopic (exact) mass is 456 g/mol. The van der Waals surface area contributed by atoms with Crippen LogP contribution in [0.2, 0.25) is 0 Å². The highest BCUT2D eigenvalue weighted by atomic mass is 19.2. The Morgan fingerprint density at radius 1 is 0.818 bits per heavy atom. The molecule has 0 N–H and O–H groups in total. The van der Waals surface area contributed by atoms with Crippen molar-refractivity contribution >= 4 is 0 Å². The first kappa shape index (κ1) is 23.9. The molecule has 4 heteroatoms. The number of ether oxygens (including phenoxy) is 1. The van der Waals surface area contributed by atoms with E-state index < -0.39 is 11.6 Å². The van der Waals surface area contributed by atoms with Gasteiger partial charge in [0.1, 0.15) is 6.67 Å². The second-order valence-corrected chi connectivity index (χ2v) is 9.66. The van der Waals surface area contributed by atoms with Crippen LogP contribution in [-0.4, -0.2) is 13.3 Å². The third-order valence-corrected chi connectivity index (χ3v) is 7.79. The Kier molecular flexibility index (Phi) is 8.16. The summed E-state index contributed by atoms with van der Waals surface area (Å²) in [6.45, 7) is 1.69. The van der Waals surface area contributed by atoms with Gasteiger partial charge in [0.15, 0.2) is 11.6 Å². The van der Waals surface area contributed by atoms with E-state index in [0.717, 1.165) is 11.8 Å². The summed E-state index contributed by atoms with van der Waals surface area (Å²) in [7, 11) is 0. The van der Waals surface area contributed by atoms with E-state index in [2.05, 4.69) is 18.2 Å². The number of allylic oxidation sites excluding steroid dienone is 2. The SMILES string of the molecule is CCOc1ccc(-c2ccc(C3CCC(C4CCC(/C=C/CF)CC4)CC3)cc2)c(F)c1F. The predicted molar refractivity (Wildman–Crippen MR) is 128 cm³/mol. The molecule has 2 aromatic carbocycles. The van der Waals surface area contributed by atoms with E-state index in [1.807, 2.05) is 12.1 Å². The van der Waals surface area contributed by atoms with Crippen molar-refractivity contribution in [3.63, 3.8) is 0 Å². The Labute approximate surface area is 196 Å². The van der Waals surface area contributed by atoms with Gasteiger partial charge in [-0.2, -0.15) is 4.39 Å². The Bertz CT molecular complexity index is 921. The van der Waals surface area contributed by atoms with Crippen LogP contribution in [0, 0.1) is 29.4 Å². The van der Waals surface area contributed by atoms with E-state index >= 15 is 0 Å². The van der Waals surface area contributed by atoms with Crippen LogP contribution in [0.15, 0.2) is 48.6 Å². The lowest BCUT2D eigenvalue weighted by atomic mass is 9.68. The molecule has 2 fully saturated rings. The molecule has 178 valence electrons. The summed E-state index contributed by atoms with van der Waals surface area (Å²) in [6, 6.07) is 11.1. The van der Waals surface area contributed by atoms with Crippen LogP contribution in [0.3, 0.4) is 0 Å². The fourth-order valence-corrected chi connectivity index (χ4v) is 5.93. The van der Waals surface area contributed by atoms with E-state index in [1.165, 1.54) is 63.0 Å². The topological polar surface area (TPSA) is 9.23 Å². The van der Waals surface area contributed by atoms with Crippen LogP contribution in [0.25, 0.3) is 11.1 Å². The van der Waals surface area contributed by atoms with Gasteiger partial charge in [-0.15, -0.1) is 0 Å². The van der Waals surface area contributed by atoms with Crippen molar-refractivity contribution in [2.75, 3.05) is 13.3 Å². The first-order valence-corrected chi connectivity index (χ1v) is 12.5. The maximum Gasteiger partial charge on any atom is 0.201 e. The van der Waals surface area contributed by atoms with Gasteiger partial charge in [-0.25, -0.2) is 8.78 Å². The molecule has 0 radical (unpaired) electrons. The zero-order valence-electron chi connectivity index (χ0n) is 19.5. The van der Waals surface area contributed by atoms with E-state index in [9.17, 15) is 13.2 Å². The van der Waals surface area contributed by atoms with Crippen LogP contribution in [0.1, 0.15) is 69.8 Å². The number of benzene rings is 2. The number of hydrogen-bond donors (Lipinski definition) is 0. The van der Waals surface area contributed by atoms with Crippen molar-refractivity contribution < 1.29 is 17.9 Å². The summed E-state index contributed by atoms with van der Waals surface area (Å²) >= 11 is 0. The summed E-state index contributed by atoms with van der Waals surface area (Å²) in [6.07, 6.45) is 13.6. The molecule has 2 saturated carbocycles. The van der Waals surface area contributed by atoms with Gasteiger partial charge >= 0.3 is 0 Å². The van der Waals surface area contributed by atoms with Gasteiger partial charge in [-0.3, -0.25) is 0 Å². The minimum atomic E-state index is -0.927. The van der Waals surface area contributed by atoms with Gasteiger partial charge in [-0.1, -0.05) is 36.4 Å². The molecule has 0 aromatic heterocycles. The number of hydrogen-bond acceptors (Lipinski definition) is 1. The van der Waals surface area contributed by atoms with Crippen molar-refractivity contribution in [3.05, 3.63) is 65.7 Å². The Balaban J connectivity index is 1.33. The van der Waals surface area contributed by atoms with Gasteiger partial charge < -0.3 is 4.74 Å². The molecule has 0 bridgehead atoms. The number of rotatable bonds is 7. The molecule has 4 rings (SSSR count). The van der Waals surface area contributed by atoms with Gasteiger partial charge in [0, 0.05) is 5.56 Å². The molecule has 0 saturated heterocycles. The first-order chi connectivity index (χ1) is 16.1. The molecule has 2 aliphatic carbocycles. The predicted octanol–water partition coefficient (Wildman–Crippen LogP) is 8.64. The Hall–Kier alpha value is -2.23. The zero-order valence-corrected chi connectivity index (χ0v) is 19.5. The Morgan fingerprint density at radius 3 is 2.06 bits per heavy atom. The van der Waals surface area contributed by atoms with E-state index in [0.29, 0.717) is 24.0 Å². The summed E-state index contributed by atoms with van der Waals surface area (Å²) in [4.78, 5) is 0. The van der Waals surface area contributed by atoms with Crippen LogP contribution in [0.4, 0.5) is 13.2 Å². The summed E-state index contributed by atoms with van der Waals surface area (Å²) < 4.78 is 46.3. The lowest BCUT2D eigenvalue weighted by Gasteiger charge is -2.37. The Morgan fingerprint density at radius 2 is 1.45 bits per heavy atom. The van der Waals surface area contributed by atoms with E-state index in [1.54, 1.807) is 19.1 Å². The van der Waals surface area contributed by atoms with Crippen molar-refractivity contribution in [3.8, 4) is 16.9 Å². The number of halogens is 3. The average Bonchev–Trinajstić information content (AvgIpc) is 2.86. The standard InChI is InChI=1S/C29H35F3O/c1-2-33-27-18-17-26(28(31)29(27)32)25-15-13-24(14-16-25)23-11-9-22(10-12-23)21-7-5-20(6-8-21)4-3-19-30/h3-4,13-18,20-23H,2,5-12,19H2,1H3/b4-3+. The molecule has 2 aliphatic rings. The minimum absolute atomic E-state index is 0.0446. The fourth-order valence-electron chi connectivity index (χ4n) is 5.93. The number of alkyl halides is 1. The third kappa shape index (κ3) is 5.65. The molecule has 2 aromatic rings. The largest absolute Gasteiger partial charge is 0.491 e. The first-order valence-electron chi connectivity index (χ1n) is 12.5. The lowest BCUT2D eigenvalue weighted by molar-refractivity contribution is 0.171. The highest BCUT2D eigenvalue weighted by molar-refractivity contribution is 5.65. The van der Waals surface area contributed by atoms with Crippen molar-refractivity contribution in [2.45, 2.75) is 64.2 Å². The molecule has 0 spiro atoms. The van der Waals surface area contributed by atoms with Crippen LogP contribution < -0.4 is 4.74 Å². The molecular weight excluding hydrogens is 421 g/mol. The third-order valence-electron chi connectivity index (χ3n) is 7.79. The summed E-state index contributed by atoms with van der Waals surface area (Å²) in [5.41, 5.74) is 2.25. The molecule has 0 aliphatic heterocycles. The highest BCUT2D eigenvalue weighted by Crippen LogP contribution is 2.44. The maximum absolute atomic E-state index is 14.6. The maximum atomic E-state index is 14.6. The summed E-state index contributed by atoms with van der Waals surface area (Å²) in [5.74, 6) is 0.917. The van der Waals surface area contributed by atoms with Crippen LogP contribution in [-0.2, 0) is 0 Å². The second-order valence-electron chi connectivity index (χ2n) is 9.66. The quantitative estimate of drug-likeness (QED) is 0.379. The van der Waals surface area contributed by atoms with Crippen LogP contribution >= 0.6 is 0 Å². The molecule has 0 unspecified atom stereocenters. The molecule has 1 nitrogen and oxygen atoms in total. The van der Waals surface area contributed by atoms with Gasteiger partial charge in [0.2, 0.25) is 5.82 Å². The van der Waals surface area contributed by atoms with E-state index in [4.69, 9.17) is 4.74 Å². The van der Waals surface area contributed by atoms with Crippen molar-refractivity contribution in [2.24, 2.45) is 17.8 Å². The minimum Gasteiger partial charge on any atom is -0.491 e. The molecule has 0 heterocycles. The second kappa shape index (κ2) is 11.3. The van der Waals surface area contributed by atoms with Crippen molar-refractivity contribution in [1.82, 2.24) is 0 Å². The molecule has 0 atom stereocenters. The summed E-state index contributed by atoms with van der Waals surface area (Å²) in [5, 5.41) is 0. The molecule has 33 heavy (non-hydrogen) atoms. The van der Waals surface area contributed by atoms with Crippen LogP contribution in [0.5, 0.6) is 5.75 Å². The smallest absolute Gasteiger partial charge is 0.201 e. The zero-order chi connectivity index (χ0) is 23.2. The highest BCUT2D eigenvalue weighted by Gasteiger charge is 2.30. The normalized spacial score (nSPS) is 25.9. The fraction of sp³-hybridized carbons (Fsp3) is 0.517. The van der Waals surface area contributed by atoms with Gasteiger partial charge in [0.05, 0.1) is 6.61 Å². The van der Waals surface area contributed by atoms with Gasteiger partial charge in [0.25, 0.3) is 0 Å². The molecule has 0 amide bonds. The average molecular weight is 457 g/mol. The van der Waals surface area contributed by atoms with Gasteiger partial charge in [-0.05, 0) is 105 Å². The van der Waals surface area contributed by atoms with Crippen molar-refractivity contribution in [1.29, 1.82) is 0 Å². The van der Waals surface area contributed by atoms with E-state index in [-0.39, 0.29) is 18.0 Å². The molecular formula is C29H35F3O.